The van der Waals surface area contributed by atoms with Crippen LogP contribution in [0.2, 0.25) is 0 Å². The Kier molecular flexibility index (Phi) is 13.9. The van der Waals surface area contributed by atoms with Gasteiger partial charge in [0, 0.05) is 69.0 Å². The maximum atomic E-state index is 13.6. The molecule has 1 saturated carbocycles. The van der Waals surface area contributed by atoms with Crippen LogP contribution >= 0.6 is 0 Å². The minimum absolute atomic E-state index is 0.00289. The van der Waals surface area contributed by atoms with Crippen LogP contribution in [0.15, 0.2) is 47.5 Å². The summed E-state index contributed by atoms with van der Waals surface area (Å²) in [6.45, 7) is 9.12. The monoisotopic (exact) mass is 891 g/mol. The zero-order valence-electron chi connectivity index (χ0n) is 36.5. The molecule has 1 aromatic carbocycles. The van der Waals surface area contributed by atoms with Crippen LogP contribution in [-0.2, 0) is 23.9 Å². The second kappa shape index (κ2) is 20.0. The number of amides is 5. The van der Waals surface area contributed by atoms with Crippen molar-refractivity contribution in [2.75, 3.05) is 87.8 Å². The van der Waals surface area contributed by atoms with Crippen LogP contribution in [0, 0.1) is 6.92 Å². The van der Waals surface area contributed by atoms with Crippen LogP contribution < -0.4 is 31.7 Å². The summed E-state index contributed by atoms with van der Waals surface area (Å²) in [6.07, 6.45) is 7.38. The molecule has 342 valence electrons. The van der Waals surface area contributed by atoms with Gasteiger partial charge in [0.1, 0.15) is 17.5 Å². The molecule has 0 bridgehead atoms. The maximum Gasteiger partial charge on any atom is 0.264 e. The second-order valence-corrected chi connectivity index (χ2v) is 16.6. The minimum Gasteiger partial charge on any atom is -0.378 e. The molecule has 4 N–H and O–H groups in total. The van der Waals surface area contributed by atoms with E-state index in [0.29, 0.717) is 53.9 Å². The highest BCUT2D eigenvalue weighted by molar-refractivity contribution is 6.25. The fourth-order valence-electron chi connectivity index (χ4n) is 8.98. The van der Waals surface area contributed by atoms with Crippen molar-refractivity contribution in [3.63, 3.8) is 0 Å². The summed E-state index contributed by atoms with van der Waals surface area (Å²) in [5.41, 5.74) is 2.56. The third-order valence-corrected chi connectivity index (χ3v) is 12.4. The molecule has 3 aliphatic heterocycles. The number of imide groups is 2. The van der Waals surface area contributed by atoms with Crippen LogP contribution in [0.5, 0.6) is 0 Å². The maximum absolute atomic E-state index is 13.6. The lowest BCUT2D eigenvalue weighted by molar-refractivity contribution is -0.136. The van der Waals surface area contributed by atoms with E-state index in [9.17, 15) is 33.6 Å². The van der Waals surface area contributed by atoms with Crippen molar-refractivity contribution in [2.45, 2.75) is 64.5 Å². The highest BCUT2D eigenvalue weighted by atomic mass is 16.5. The van der Waals surface area contributed by atoms with Gasteiger partial charge in [-0.15, -0.1) is 0 Å². The summed E-state index contributed by atoms with van der Waals surface area (Å²) in [6, 6.07) is 7.49. The first-order valence-corrected chi connectivity index (χ1v) is 22.1. The lowest BCUT2D eigenvalue weighted by Crippen LogP contribution is -2.54. The number of hydrogen-bond donors (Lipinski definition) is 4. The lowest BCUT2D eigenvalue weighted by atomic mass is 10.0. The highest BCUT2D eigenvalue weighted by Crippen LogP contribution is 2.34. The number of Topliss-reactive ketones (excluding diaryl/α,β-unsaturated/α-hetero) is 1. The topological polar surface area (TPSA) is 239 Å². The number of nitrogens with zero attached hydrogens (tertiary/aromatic N) is 7. The van der Waals surface area contributed by atoms with Gasteiger partial charge in [0.05, 0.1) is 61.5 Å². The SMILES string of the molecule is CC(=O)c1c(C)c2cnc(Nc3ccc(N4CCN(CCOCCOCCNC(=O)CNc5cccc6c5C(=O)N(C5CCC(=O)NC5=O)C6=O)CC4)cn3)nc2n(C2CCCC2)c1=O. The third-order valence-electron chi connectivity index (χ3n) is 12.4. The van der Waals surface area contributed by atoms with Crippen LogP contribution in [0.1, 0.15) is 88.1 Å². The number of anilines is 4. The van der Waals surface area contributed by atoms with Gasteiger partial charge in [-0.1, -0.05) is 18.9 Å². The highest BCUT2D eigenvalue weighted by Gasteiger charge is 2.45. The summed E-state index contributed by atoms with van der Waals surface area (Å²) in [5, 5.41) is 11.7. The molecule has 1 aliphatic carbocycles. The number of pyridine rings is 2. The lowest BCUT2D eigenvalue weighted by Gasteiger charge is -2.35. The Labute approximate surface area is 374 Å². The van der Waals surface area contributed by atoms with E-state index in [4.69, 9.17) is 14.5 Å². The number of piperazine rings is 1. The molecule has 1 atom stereocenters. The Morgan fingerprint density at radius 2 is 1.65 bits per heavy atom. The summed E-state index contributed by atoms with van der Waals surface area (Å²) in [4.78, 5) is 108. The van der Waals surface area contributed by atoms with Gasteiger partial charge in [0.2, 0.25) is 23.7 Å². The molecular formula is C45H53N11O9. The molecule has 20 heteroatoms. The first kappa shape index (κ1) is 44.9. The Bertz CT molecular complexity index is 2550. The average Bonchev–Trinajstić information content (AvgIpc) is 3.91. The van der Waals surface area contributed by atoms with E-state index in [1.165, 1.54) is 13.0 Å². The molecule has 5 amide bonds. The van der Waals surface area contributed by atoms with Crippen molar-refractivity contribution < 1.29 is 38.2 Å². The molecule has 0 spiro atoms. The van der Waals surface area contributed by atoms with E-state index >= 15 is 0 Å². The Morgan fingerprint density at radius 1 is 0.877 bits per heavy atom. The van der Waals surface area contributed by atoms with Crippen molar-refractivity contribution in [1.82, 2.24) is 40.0 Å². The van der Waals surface area contributed by atoms with E-state index in [0.717, 1.165) is 69.0 Å². The standard InChI is InChI=1S/C45H53N11O9/c1-27-32-25-49-45(52-40(32)55(29-6-3-4-7-29)43(62)38(27)28(2)57)50-35-12-10-30(24-48-35)54-17-15-53(16-18-54)19-21-65-23-22-64-20-14-46-37(59)26-47-33-9-5-8-31-39(33)44(63)56(42(31)61)34-11-13-36(58)51-41(34)60/h5,8-10,12,24-25,29,34,47H,3-4,6-7,11,13-23,26H2,1-2H3,(H,46,59)(H,51,58,60)(H,48,49,50,52). The van der Waals surface area contributed by atoms with Gasteiger partial charge >= 0.3 is 0 Å². The molecule has 3 fully saturated rings. The summed E-state index contributed by atoms with van der Waals surface area (Å²) >= 11 is 0. The molecule has 65 heavy (non-hydrogen) atoms. The van der Waals surface area contributed by atoms with Gasteiger partial charge in [0.15, 0.2) is 5.78 Å². The number of fused-ring (bicyclic) bond motifs is 2. The Balaban J connectivity index is 0.702. The normalized spacial score (nSPS) is 18.0. The predicted molar refractivity (Wildman–Crippen MR) is 238 cm³/mol. The fourth-order valence-corrected chi connectivity index (χ4v) is 8.98. The van der Waals surface area contributed by atoms with Crippen LogP contribution in [-0.4, -0.2) is 143 Å². The first-order valence-electron chi connectivity index (χ1n) is 22.1. The van der Waals surface area contributed by atoms with Gasteiger partial charge in [-0.25, -0.2) is 9.97 Å². The average molecular weight is 892 g/mol. The smallest absolute Gasteiger partial charge is 0.264 e. The van der Waals surface area contributed by atoms with Crippen molar-refractivity contribution in [1.29, 1.82) is 0 Å². The molecule has 6 heterocycles. The number of ketones is 1. The predicted octanol–water partition coefficient (Wildman–Crippen LogP) is 2.34. The number of carbonyl (C=O) groups is 6. The molecule has 3 aromatic heterocycles. The molecular weight excluding hydrogens is 839 g/mol. The molecule has 1 unspecified atom stereocenters. The molecule has 20 nitrogen and oxygen atoms in total. The number of aromatic nitrogens is 4. The van der Waals surface area contributed by atoms with Crippen molar-refractivity contribution in [3.8, 4) is 0 Å². The third kappa shape index (κ3) is 9.88. The summed E-state index contributed by atoms with van der Waals surface area (Å²) in [7, 11) is 0. The number of rotatable bonds is 18. The zero-order valence-corrected chi connectivity index (χ0v) is 36.5. The molecule has 4 aromatic rings. The van der Waals surface area contributed by atoms with Crippen LogP contribution in [0.3, 0.4) is 0 Å². The number of benzene rings is 1. The Hall–Kier alpha value is -6.64. The largest absolute Gasteiger partial charge is 0.378 e. The number of hydrogen-bond acceptors (Lipinski definition) is 16. The van der Waals surface area contributed by atoms with Gasteiger partial charge in [0.25, 0.3) is 17.4 Å². The number of aryl methyl sites for hydroxylation is 1. The fraction of sp³-hybridized carbons (Fsp3) is 0.467. The van der Waals surface area contributed by atoms with E-state index in [2.05, 4.69) is 41.0 Å². The van der Waals surface area contributed by atoms with Crippen molar-refractivity contribution in [2.24, 2.45) is 0 Å². The van der Waals surface area contributed by atoms with E-state index in [1.54, 1.807) is 29.8 Å². The van der Waals surface area contributed by atoms with Crippen LogP contribution in [0.25, 0.3) is 11.0 Å². The molecule has 2 saturated heterocycles. The van der Waals surface area contributed by atoms with E-state index < -0.39 is 29.7 Å². The summed E-state index contributed by atoms with van der Waals surface area (Å²) in [5.74, 6) is -2.10. The molecule has 4 aliphatic rings. The van der Waals surface area contributed by atoms with Gasteiger partial charge < -0.3 is 30.3 Å². The zero-order chi connectivity index (χ0) is 45.6. The number of nitrogens with one attached hydrogen (secondary N) is 4. The van der Waals surface area contributed by atoms with E-state index in [1.807, 2.05) is 18.3 Å². The van der Waals surface area contributed by atoms with Gasteiger partial charge in [-0.2, -0.15) is 4.98 Å². The number of ether oxygens (including phenoxy) is 2. The van der Waals surface area contributed by atoms with Crippen LogP contribution in [0.4, 0.5) is 23.1 Å². The van der Waals surface area contributed by atoms with Gasteiger partial charge in [-0.05, 0) is 62.9 Å². The molecule has 8 rings (SSSR count). The van der Waals surface area contributed by atoms with E-state index in [-0.39, 0.29) is 72.5 Å². The number of carbonyl (C=O) groups excluding carboxylic acids is 6. The Morgan fingerprint density at radius 3 is 2.37 bits per heavy atom. The quantitative estimate of drug-likeness (QED) is 0.0637. The van der Waals surface area contributed by atoms with Crippen molar-refractivity contribution in [3.05, 3.63) is 75.3 Å². The minimum atomic E-state index is -1.08. The second-order valence-electron chi connectivity index (χ2n) is 16.6. The first-order chi connectivity index (χ1) is 31.5. The van der Waals surface area contributed by atoms with Crippen molar-refractivity contribution >= 4 is 69.5 Å². The molecule has 0 radical (unpaired) electrons. The van der Waals surface area contributed by atoms with Gasteiger partial charge in [-0.3, -0.25) is 53.2 Å². The number of piperidine rings is 1. The summed E-state index contributed by atoms with van der Waals surface area (Å²) < 4.78 is 13.1.